The molecule has 0 unspecified atom stereocenters. The molecule has 0 saturated heterocycles. The number of hydrogen-bond acceptors (Lipinski definition) is 5. The number of hydrogen-bond donors (Lipinski definition) is 1. The van der Waals surface area contributed by atoms with Crippen molar-refractivity contribution in [2.75, 3.05) is 11.9 Å². The predicted molar refractivity (Wildman–Crippen MR) is 134 cm³/mol. The molecule has 0 bridgehead atoms. The van der Waals surface area contributed by atoms with E-state index in [1.807, 2.05) is 44.2 Å². The van der Waals surface area contributed by atoms with Crippen LogP contribution in [0.3, 0.4) is 0 Å². The Morgan fingerprint density at radius 2 is 1.82 bits per heavy atom. The van der Waals surface area contributed by atoms with Crippen molar-refractivity contribution in [2.24, 2.45) is 0 Å². The normalized spacial score (nSPS) is 11.8. The fourth-order valence-electron chi connectivity index (χ4n) is 3.47. The number of nitrogens with one attached hydrogen (secondary N) is 1. The summed E-state index contributed by atoms with van der Waals surface area (Å²) in [6.07, 6.45) is -1.00. The fraction of sp³-hybridized carbons (Fsp3) is 0.185. The standard InChI is InChI=1S/C27H24ClNO5/c1-4-32-23-8-6-5-7-21(23)29-27(31)17(3)33-26-24(30)20-15-19(28)13-14-22(20)34-25(26)18-11-9-16(2)10-12-18/h5-15,17H,4H2,1-3H3,(H,29,31)/t17-/m0/s1. The third kappa shape index (κ3) is 4.92. The van der Waals surface area contributed by atoms with Gasteiger partial charge < -0.3 is 19.2 Å². The van der Waals surface area contributed by atoms with Gasteiger partial charge in [-0.1, -0.05) is 53.6 Å². The van der Waals surface area contributed by atoms with Gasteiger partial charge in [0.05, 0.1) is 17.7 Å². The number of halogens is 1. The van der Waals surface area contributed by atoms with E-state index in [0.717, 1.165) is 5.56 Å². The summed E-state index contributed by atoms with van der Waals surface area (Å²) in [6.45, 7) is 5.85. The number of aryl methyl sites for hydroxylation is 1. The summed E-state index contributed by atoms with van der Waals surface area (Å²) < 4.78 is 17.6. The lowest BCUT2D eigenvalue weighted by atomic mass is 10.1. The van der Waals surface area contributed by atoms with E-state index in [1.54, 1.807) is 37.3 Å². The number of carbonyl (C=O) groups excluding carboxylic acids is 1. The first kappa shape index (κ1) is 23.4. The molecular formula is C27H24ClNO5. The summed E-state index contributed by atoms with van der Waals surface area (Å²) in [4.78, 5) is 26.4. The van der Waals surface area contributed by atoms with Gasteiger partial charge in [0, 0.05) is 10.6 Å². The number of fused-ring (bicyclic) bond motifs is 1. The Kier molecular flexibility index (Phi) is 6.89. The average Bonchev–Trinajstić information content (AvgIpc) is 2.83. The van der Waals surface area contributed by atoms with E-state index in [2.05, 4.69) is 5.32 Å². The molecule has 0 fully saturated rings. The second-order valence-electron chi connectivity index (χ2n) is 7.77. The van der Waals surface area contributed by atoms with Gasteiger partial charge in [0.25, 0.3) is 5.91 Å². The van der Waals surface area contributed by atoms with Crippen LogP contribution in [0.5, 0.6) is 11.5 Å². The van der Waals surface area contributed by atoms with Crippen LogP contribution < -0.4 is 20.2 Å². The van der Waals surface area contributed by atoms with E-state index >= 15 is 0 Å². The molecule has 3 aromatic carbocycles. The molecule has 0 aliphatic heterocycles. The Bertz CT molecular complexity index is 1390. The minimum Gasteiger partial charge on any atom is -0.492 e. The van der Waals surface area contributed by atoms with Crippen molar-refractivity contribution in [1.82, 2.24) is 0 Å². The molecular weight excluding hydrogens is 454 g/mol. The van der Waals surface area contributed by atoms with Gasteiger partial charge in [-0.05, 0) is 51.1 Å². The van der Waals surface area contributed by atoms with Gasteiger partial charge in [0.15, 0.2) is 11.9 Å². The largest absolute Gasteiger partial charge is 0.492 e. The number of carbonyl (C=O) groups is 1. The highest BCUT2D eigenvalue weighted by Gasteiger charge is 2.24. The number of anilines is 1. The number of rotatable bonds is 7. The maximum absolute atomic E-state index is 13.4. The van der Waals surface area contributed by atoms with E-state index in [1.165, 1.54) is 6.07 Å². The second-order valence-corrected chi connectivity index (χ2v) is 8.21. The number of amides is 1. The summed E-state index contributed by atoms with van der Waals surface area (Å²) in [5, 5.41) is 3.47. The van der Waals surface area contributed by atoms with Gasteiger partial charge in [-0.25, -0.2) is 0 Å². The molecule has 1 amide bonds. The predicted octanol–water partition coefficient (Wildman–Crippen LogP) is 6.23. The fourth-order valence-corrected chi connectivity index (χ4v) is 3.64. The first-order valence-electron chi connectivity index (χ1n) is 10.9. The lowest BCUT2D eigenvalue weighted by Gasteiger charge is -2.18. The molecule has 1 aromatic heterocycles. The smallest absolute Gasteiger partial charge is 0.265 e. The Morgan fingerprint density at radius 3 is 2.56 bits per heavy atom. The highest BCUT2D eigenvalue weighted by molar-refractivity contribution is 6.31. The minimum absolute atomic E-state index is 0.0561. The van der Waals surface area contributed by atoms with Crippen molar-refractivity contribution in [3.8, 4) is 22.8 Å². The Hall–Kier alpha value is -3.77. The molecule has 4 aromatic rings. The SMILES string of the molecule is CCOc1ccccc1NC(=O)[C@H](C)Oc1c(-c2ccc(C)cc2)oc2ccc(Cl)cc2c1=O. The van der Waals surface area contributed by atoms with Crippen molar-refractivity contribution in [2.45, 2.75) is 26.9 Å². The summed E-state index contributed by atoms with van der Waals surface area (Å²) >= 11 is 6.11. The van der Waals surface area contributed by atoms with Crippen LogP contribution in [-0.2, 0) is 4.79 Å². The van der Waals surface area contributed by atoms with Gasteiger partial charge in [0.1, 0.15) is 11.3 Å². The second kappa shape index (κ2) is 10.0. The number of benzene rings is 3. The third-order valence-electron chi connectivity index (χ3n) is 5.23. The Labute approximate surface area is 202 Å². The first-order valence-corrected chi connectivity index (χ1v) is 11.3. The molecule has 7 heteroatoms. The molecule has 174 valence electrons. The lowest BCUT2D eigenvalue weighted by Crippen LogP contribution is -2.32. The minimum atomic E-state index is -1.00. The van der Waals surface area contributed by atoms with Crippen molar-refractivity contribution >= 4 is 34.2 Å². The van der Waals surface area contributed by atoms with Gasteiger partial charge in [-0.3, -0.25) is 9.59 Å². The van der Waals surface area contributed by atoms with Crippen LogP contribution in [0.15, 0.2) is 75.9 Å². The zero-order chi connectivity index (χ0) is 24.2. The highest BCUT2D eigenvalue weighted by Crippen LogP contribution is 2.33. The van der Waals surface area contributed by atoms with Crippen molar-refractivity contribution in [3.63, 3.8) is 0 Å². The maximum Gasteiger partial charge on any atom is 0.265 e. The summed E-state index contributed by atoms with van der Waals surface area (Å²) in [6, 6.07) is 19.4. The van der Waals surface area contributed by atoms with Crippen molar-refractivity contribution < 1.29 is 18.7 Å². The van der Waals surface area contributed by atoms with Crippen molar-refractivity contribution in [3.05, 3.63) is 87.5 Å². The Balaban J connectivity index is 1.72. The van der Waals surface area contributed by atoms with Crippen LogP contribution in [0.2, 0.25) is 5.02 Å². The van der Waals surface area contributed by atoms with E-state index < -0.39 is 17.4 Å². The van der Waals surface area contributed by atoms with E-state index in [4.69, 9.17) is 25.5 Å². The third-order valence-corrected chi connectivity index (χ3v) is 5.47. The molecule has 4 rings (SSSR count). The number of ether oxygens (including phenoxy) is 2. The summed E-state index contributed by atoms with van der Waals surface area (Å²) in [5.74, 6) is 0.298. The van der Waals surface area contributed by atoms with Crippen LogP contribution in [0, 0.1) is 6.92 Å². The van der Waals surface area contributed by atoms with Gasteiger partial charge >= 0.3 is 0 Å². The molecule has 1 heterocycles. The molecule has 0 radical (unpaired) electrons. The number of para-hydroxylation sites is 2. The zero-order valence-corrected chi connectivity index (χ0v) is 19.8. The summed E-state index contributed by atoms with van der Waals surface area (Å²) in [5.41, 5.74) is 2.19. The molecule has 0 aliphatic rings. The summed E-state index contributed by atoms with van der Waals surface area (Å²) in [7, 11) is 0. The first-order chi connectivity index (χ1) is 16.4. The molecule has 0 saturated carbocycles. The molecule has 1 N–H and O–H groups in total. The van der Waals surface area contributed by atoms with Gasteiger partial charge in [-0.15, -0.1) is 0 Å². The van der Waals surface area contributed by atoms with Crippen molar-refractivity contribution in [1.29, 1.82) is 0 Å². The highest BCUT2D eigenvalue weighted by atomic mass is 35.5. The van der Waals surface area contributed by atoms with Gasteiger partial charge in [0.2, 0.25) is 11.2 Å². The molecule has 0 spiro atoms. The van der Waals surface area contributed by atoms with Crippen LogP contribution in [0.25, 0.3) is 22.3 Å². The molecule has 0 aliphatic carbocycles. The van der Waals surface area contributed by atoms with Gasteiger partial charge in [-0.2, -0.15) is 0 Å². The quantitative estimate of drug-likeness (QED) is 0.341. The average molecular weight is 478 g/mol. The maximum atomic E-state index is 13.4. The van der Waals surface area contributed by atoms with Crippen LogP contribution >= 0.6 is 11.6 Å². The lowest BCUT2D eigenvalue weighted by molar-refractivity contribution is -0.122. The topological polar surface area (TPSA) is 77.8 Å². The zero-order valence-electron chi connectivity index (χ0n) is 19.1. The molecule has 6 nitrogen and oxygen atoms in total. The molecule has 1 atom stereocenters. The van der Waals surface area contributed by atoms with Crippen LogP contribution in [0.1, 0.15) is 19.4 Å². The van der Waals surface area contributed by atoms with E-state index in [-0.39, 0.29) is 16.9 Å². The van der Waals surface area contributed by atoms with Crippen LogP contribution in [0.4, 0.5) is 5.69 Å². The van der Waals surface area contributed by atoms with E-state index in [0.29, 0.717) is 34.2 Å². The molecule has 34 heavy (non-hydrogen) atoms. The van der Waals surface area contributed by atoms with Crippen LogP contribution in [-0.4, -0.2) is 18.6 Å². The monoisotopic (exact) mass is 477 g/mol. The van der Waals surface area contributed by atoms with E-state index in [9.17, 15) is 9.59 Å². The Morgan fingerprint density at radius 1 is 1.09 bits per heavy atom.